The predicted molar refractivity (Wildman–Crippen MR) is 83.9 cm³/mol. The van der Waals surface area contributed by atoms with E-state index in [1.807, 2.05) is 0 Å². The molecule has 0 bridgehead atoms. The second-order valence-corrected chi connectivity index (χ2v) is 5.33. The van der Waals surface area contributed by atoms with Crippen molar-refractivity contribution in [1.29, 1.82) is 0 Å². The Balaban J connectivity index is 3.23. The highest BCUT2D eigenvalue weighted by Gasteiger charge is 2.34. The van der Waals surface area contributed by atoms with Gasteiger partial charge in [-0.3, -0.25) is 4.79 Å². The van der Waals surface area contributed by atoms with E-state index in [0.717, 1.165) is 5.56 Å². The van der Waals surface area contributed by atoms with Gasteiger partial charge in [-0.25, -0.2) is 4.79 Å². The van der Waals surface area contributed by atoms with Crippen molar-refractivity contribution < 1.29 is 29.3 Å². The Labute approximate surface area is 135 Å². The molecule has 1 aromatic rings. The van der Waals surface area contributed by atoms with E-state index in [1.54, 1.807) is 39.0 Å². The van der Waals surface area contributed by atoms with E-state index >= 15 is 0 Å². The molecule has 0 aliphatic heterocycles. The van der Waals surface area contributed by atoms with Gasteiger partial charge in [-0.15, -0.1) is 0 Å². The Morgan fingerprint density at radius 1 is 1.30 bits per heavy atom. The highest BCUT2D eigenvalue weighted by Crippen LogP contribution is 2.32. The van der Waals surface area contributed by atoms with E-state index in [-0.39, 0.29) is 11.3 Å². The Hall–Kier alpha value is -2.18. The monoisotopic (exact) mass is 322 g/mol. The Morgan fingerprint density at radius 2 is 1.96 bits per heavy atom. The number of hydrogen-bond acceptors (Lipinski definition) is 6. The van der Waals surface area contributed by atoms with Crippen molar-refractivity contribution >= 4 is 11.9 Å². The van der Waals surface area contributed by atoms with Crippen molar-refractivity contribution in [3.63, 3.8) is 0 Å². The number of benzene rings is 1. The maximum Gasteiger partial charge on any atom is 0.338 e. The molecule has 0 spiro atoms. The van der Waals surface area contributed by atoms with Crippen molar-refractivity contribution in [2.45, 2.75) is 33.3 Å². The highest BCUT2D eigenvalue weighted by molar-refractivity contribution is 5.89. The summed E-state index contributed by atoms with van der Waals surface area (Å²) < 4.78 is 10.1. The summed E-state index contributed by atoms with van der Waals surface area (Å²) in [5.74, 6) is -1.04. The molecule has 126 valence electrons. The fourth-order valence-electron chi connectivity index (χ4n) is 1.83. The third-order valence-electron chi connectivity index (χ3n) is 3.37. The minimum Gasteiger partial charge on any atom is -0.462 e. The first-order chi connectivity index (χ1) is 10.7. The molecule has 0 aliphatic carbocycles. The van der Waals surface area contributed by atoms with Gasteiger partial charge in [-0.1, -0.05) is 18.2 Å². The molecular weight excluding hydrogens is 300 g/mol. The predicted octanol–water partition coefficient (Wildman–Crippen LogP) is 1.61. The molecule has 6 heteroatoms. The van der Waals surface area contributed by atoms with Gasteiger partial charge in [0.15, 0.2) is 5.60 Å². The van der Waals surface area contributed by atoms with Gasteiger partial charge in [0.2, 0.25) is 0 Å². The Morgan fingerprint density at radius 3 is 2.48 bits per heavy atom. The molecule has 0 aliphatic rings. The second kappa shape index (κ2) is 7.89. The molecule has 1 atom stereocenters. The van der Waals surface area contributed by atoms with Crippen LogP contribution in [0.25, 0.3) is 0 Å². The molecule has 1 aromatic carbocycles. The van der Waals surface area contributed by atoms with Crippen molar-refractivity contribution in [1.82, 2.24) is 0 Å². The third-order valence-corrected chi connectivity index (χ3v) is 3.37. The average molecular weight is 322 g/mol. The van der Waals surface area contributed by atoms with Crippen molar-refractivity contribution in [2.24, 2.45) is 0 Å². The van der Waals surface area contributed by atoms with E-state index in [0.29, 0.717) is 5.57 Å². The van der Waals surface area contributed by atoms with Crippen LogP contribution in [-0.2, 0) is 19.9 Å². The van der Waals surface area contributed by atoms with Crippen LogP contribution in [-0.4, -0.2) is 35.4 Å². The molecule has 0 amide bonds. The van der Waals surface area contributed by atoms with E-state index in [4.69, 9.17) is 9.47 Å². The summed E-state index contributed by atoms with van der Waals surface area (Å²) in [6.45, 7) is 5.16. The fraction of sp³-hybridized carbons (Fsp3) is 0.412. The summed E-state index contributed by atoms with van der Waals surface area (Å²) in [7, 11) is 0. The number of carbonyl (C=O) groups is 2. The largest absolute Gasteiger partial charge is 0.462 e. The van der Waals surface area contributed by atoms with Crippen molar-refractivity contribution in [2.75, 3.05) is 13.2 Å². The van der Waals surface area contributed by atoms with Gasteiger partial charge < -0.3 is 19.7 Å². The number of aryl methyl sites for hydroxylation is 1. The van der Waals surface area contributed by atoms with Crippen LogP contribution in [0.2, 0.25) is 0 Å². The lowest BCUT2D eigenvalue weighted by molar-refractivity contribution is -0.152. The van der Waals surface area contributed by atoms with E-state index < -0.39 is 30.8 Å². The summed E-state index contributed by atoms with van der Waals surface area (Å²) in [6, 6.07) is 4.80. The third kappa shape index (κ3) is 4.91. The maximum atomic E-state index is 12.0. The maximum absolute atomic E-state index is 12.0. The number of aliphatic hydroxyl groups excluding tert-OH is 1. The minimum absolute atomic E-state index is 0.111. The molecule has 0 aromatic heterocycles. The van der Waals surface area contributed by atoms with Crippen LogP contribution in [0.1, 0.15) is 31.9 Å². The zero-order valence-electron chi connectivity index (χ0n) is 13.8. The van der Waals surface area contributed by atoms with Crippen molar-refractivity contribution in [3.8, 4) is 5.75 Å². The number of hydrogen-bond donors (Lipinski definition) is 2. The van der Waals surface area contributed by atoms with Crippen LogP contribution in [0.3, 0.4) is 0 Å². The summed E-state index contributed by atoms with van der Waals surface area (Å²) in [4.78, 5) is 22.9. The van der Waals surface area contributed by atoms with Crippen LogP contribution in [0.5, 0.6) is 5.75 Å². The van der Waals surface area contributed by atoms with Crippen LogP contribution >= 0.6 is 0 Å². The van der Waals surface area contributed by atoms with Gasteiger partial charge in [0.05, 0.1) is 6.61 Å². The number of ether oxygens (including phenoxy) is 2. The molecule has 1 rings (SSSR count). The van der Waals surface area contributed by atoms with Crippen molar-refractivity contribution in [3.05, 3.63) is 41.0 Å². The lowest BCUT2D eigenvalue weighted by atomic mass is 9.93. The normalized spacial score (nSPS) is 14.1. The van der Waals surface area contributed by atoms with E-state index in [2.05, 4.69) is 0 Å². The zero-order valence-corrected chi connectivity index (χ0v) is 13.8. The summed E-state index contributed by atoms with van der Waals surface area (Å²) in [5.41, 5.74) is -0.477. The highest BCUT2D eigenvalue weighted by atomic mass is 16.5. The van der Waals surface area contributed by atoms with Gasteiger partial charge in [-0.05, 0) is 32.4 Å². The smallest absolute Gasteiger partial charge is 0.338 e. The first kappa shape index (κ1) is 18.9. The molecule has 0 heterocycles. The van der Waals surface area contributed by atoms with Crippen LogP contribution in [0, 0.1) is 6.92 Å². The topological polar surface area (TPSA) is 93.1 Å². The molecule has 0 radical (unpaired) electrons. The summed E-state index contributed by atoms with van der Waals surface area (Å²) in [5, 5.41) is 20.1. The molecule has 0 fully saturated rings. The van der Waals surface area contributed by atoms with Gasteiger partial charge in [0.1, 0.15) is 12.4 Å². The molecule has 23 heavy (non-hydrogen) atoms. The van der Waals surface area contributed by atoms with Crippen LogP contribution in [0.4, 0.5) is 0 Å². The number of allylic oxidation sites excluding steroid dienone is 1. The van der Waals surface area contributed by atoms with Gasteiger partial charge >= 0.3 is 11.9 Å². The number of aliphatic hydroxyl groups is 2. The second-order valence-electron chi connectivity index (χ2n) is 5.33. The van der Waals surface area contributed by atoms with E-state index in [9.17, 15) is 19.8 Å². The summed E-state index contributed by atoms with van der Waals surface area (Å²) >= 11 is 0. The SMILES string of the molecule is C/C=C(\C)C(=O)Oc1cc(C)ccc1C(O)(CO)COC(C)=O. The number of carbonyl (C=O) groups excluding carboxylic acids is 2. The van der Waals surface area contributed by atoms with Gasteiger partial charge in [-0.2, -0.15) is 0 Å². The first-order valence-electron chi connectivity index (χ1n) is 7.16. The van der Waals surface area contributed by atoms with Gasteiger partial charge in [0.25, 0.3) is 0 Å². The fourth-order valence-corrected chi connectivity index (χ4v) is 1.83. The molecule has 6 nitrogen and oxygen atoms in total. The molecule has 1 unspecified atom stereocenters. The van der Waals surface area contributed by atoms with Crippen LogP contribution < -0.4 is 4.74 Å². The van der Waals surface area contributed by atoms with Gasteiger partial charge in [0, 0.05) is 18.1 Å². The lowest BCUT2D eigenvalue weighted by Gasteiger charge is -2.27. The number of rotatable bonds is 6. The van der Waals surface area contributed by atoms with Crippen LogP contribution in [0.15, 0.2) is 29.8 Å². The Kier molecular flexibility index (Phi) is 6.48. The van der Waals surface area contributed by atoms with E-state index in [1.165, 1.54) is 13.0 Å². The number of esters is 2. The lowest BCUT2D eigenvalue weighted by Crippen LogP contribution is -2.37. The Bertz CT molecular complexity index is 620. The summed E-state index contributed by atoms with van der Waals surface area (Å²) in [6.07, 6.45) is 1.61. The first-order valence-corrected chi connectivity index (χ1v) is 7.16. The average Bonchev–Trinajstić information content (AvgIpc) is 2.51. The standard InChI is InChI=1S/C17H22O6/c1-5-12(3)16(20)23-15-8-11(2)6-7-14(15)17(21,9-18)10-22-13(4)19/h5-8,18,21H,9-10H2,1-4H3/b12-5+. The molecular formula is C17H22O6. The zero-order chi connectivity index (χ0) is 17.6. The molecule has 0 saturated carbocycles. The molecule has 2 N–H and O–H groups in total. The minimum atomic E-state index is -1.86. The quantitative estimate of drug-likeness (QED) is 0.469. The molecule has 0 saturated heterocycles.